The summed E-state index contributed by atoms with van der Waals surface area (Å²) in [5, 5.41) is 11.8. The van der Waals surface area contributed by atoms with E-state index in [1.54, 1.807) is 4.90 Å². The van der Waals surface area contributed by atoms with Crippen LogP contribution in [0.3, 0.4) is 0 Å². The summed E-state index contributed by atoms with van der Waals surface area (Å²) in [6.07, 6.45) is 5.48. The fourth-order valence-electron chi connectivity index (χ4n) is 2.20. The number of rotatable bonds is 4. The summed E-state index contributed by atoms with van der Waals surface area (Å²) in [7, 11) is 0. The van der Waals surface area contributed by atoms with Crippen LogP contribution in [-0.2, 0) is 4.79 Å². The van der Waals surface area contributed by atoms with E-state index >= 15 is 0 Å². The van der Waals surface area contributed by atoms with Crippen molar-refractivity contribution in [2.24, 2.45) is 11.8 Å². The van der Waals surface area contributed by atoms with Crippen LogP contribution in [0.1, 0.15) is 26.7 Å². The van der Waals surface area contributed by atoms with Gasteiger partial charge in [0.2, 0.25) is 0 Å². The molecule has 5 nitrogen and oxygen atoms in total. The van der Waals surface area contributed by atoms with Crippen molar-refractivity contribution in [1.29, 1.82) is 0 Å². The molecule has 0 bridgehead atoms. The lowest BCUT2D eigenvalue weighted by Gasteiger charge is -2.34. The van der Waals surface area contributed by atoms with Gasteiger partial charge in [-0.05, 0) is 18.8 Å². The molecule has 0 aliphatic carbocycles. The maximum atomic E-state index is 11.9. The van der Waals surface area contributed by atoms with Gasteiger partial charge in [0.1, 0.15) is 0 Å². The Balaban J connectivity index is 2.46. The number of carboxylic acid groups (broad SMARTS) is 1. The summed E-state index contributed by atoms with van der Waals surface area (Å²) in [4.78, 5) is 24.5. The Labute approximate surface area is 108 Å². The third kappa shape index (κ3) is 4.39. The van der Waals surface area contributed by atoms with E-state index in [0.29, 0.717) is 26.1 Å². The van der Waals surface area contributed by atoms with Gasteiger partial charge in [-0.1, -0.05) is 26.0 Å². The van der Waals surface area contributed by atoms with E-state index in [2.05, 4.69) is 5.32 Å². The summed E-state index contributed by atoms with van der Waals surface area (Å²) < 4.78 is 0. The number of amides is 2. The molecular formula is C13H22N2O3. The van der Waals surface area contributed by atoms with Gasteiger partial charge in [0.25, 0.3) is 0 Å². The van der Waals surface area contributed by atoms with Gasteiger partial charge in [0, 0.05) is 19.6 Å². The van der Waals surface area contributed by atoms with Gasteiger partial charge in [0.05, 0.1) is 5.92 Å². The van der Waals surface area contributed by atoms with E-state index in [4.69, 9.17) is 5.11 Å². The predicted octanol–water partition coefficient (Wildman–Crippen LogP) is 1.70. The van der Waals surface area contributed by atoms with E-state index in [0.717, 1.165) is 6.42 Å². The second-order valence-corrected chi connectivity index (χ2v) is 4.85. The quantitative estimate of drug-likeness (QED) is 0.750. The van der Waals surface area contributed by atoms with E-state index < -0.39 is 11.9 Å². The van der Waals surface area contributed by atoms with Crippen molar-refractivity contribution in [1.82, 2.24) is 10.2 Å². The number of aliphatic carboxylic acids is 1. The Morgan fingerprint density at radius 1 is 1.39 bits per heavy atom. The lowest BCUT2D eigenvalue weighted by atomic mass is 9.91. The molecule has 0 saturated carbocycles. The predicted molar refractivity (Wildman–Crippen MR) is 69.3 cm³/mol. The van der Waals surface area contributed by atoms with E-state index in [1.165, 1.54) is 0 Å². The number of hydrogen-bond donors (Lipinski definition) is 2. The molecule has 0 aromatic rings. The number of carbonyl (C=O) groups excluding carboxylic acids is 1. The molecule has 2 amide bonds. The number of allylic oxidation sites excluding steroid dienone is 1. The second kappa shape index (κ2) is 7.03. The zero-order chi connectivity index (χ0) is 13.5. The van der Waals surface area contributed by atoms with Gasteiger partial charge >= 0.3 is 12.0 Å². The van der Waals surface area contributed by atoms with E-state index in [9.17, 15) is 9.59 Å². The van der Waals surface area contributed by atoms with E-state index in [1.807, 2.05) is 26.0 Å². The summed E-state index contributed by atoms with van der Waals surface area (Å²) in [6, 6.07) is -0.173. The molecule has 2 unspecified atom stereocenters. The van der Waals surface area contributed by atoms with Gasteiger partial charge < -0.3 is 15.3 Å². The third-order valence-electron chi connectivity index (χ3n) is 3.07. The van der Waals surface area contributed by atoms with Crippen molar-refractivity contribution in [3.63, 3.8) is 0 Å². The molecule has 1 saturated heterocycles. The van der Waals surface area contributed by atoms with Crippen LogP contribution in [0.2, 0.25) is 0 Å². The molecule has 1 rings (SSSR count). The van der Waals surface area contributed by atoms with Crippen LogP contribution in [0.25, 0.3) is 0 Å². The fraction of sp³-hybridized carbons (Fsp3) is 0.692. The average molecular weight is 254 g/mol. The molecule has 0 spiro atoms. The Morgan fingerprint density at radius 3 is 2.72 bits per heavy atom. The normalized spacial score (nSPS) is 24.2. The van der Waals surface area contributed by atoms with Crippen LogP contribution in [-0.4, -0.2) is 41.6 Å². The topological polar surface area (TPSA) is 69.6 Å². The SMILES string of the molecule is CC/C=C/CNC(=O)N1CC(C)CC(C(=O)O)C1. The summed E-state index contributed by atoms with van der Waals surface area (Å²) in [6.45, 7) is 5.44. The van der Waals surface area contributed by atoms with Gasteiger partial charge in [-0.3, -0.25) is 4.79 Å². The highest BCUT2D eigenvalue weighted by Crippen LogP contribution is 2.21. The molecule has 0 aromatic heterocycles. The van der Waals surface area contributed by atoms with Crippen LogP contribution in [0, 0.1) is 11.8 Å². The Kier molecular flexibility index (Phi) is 5.68. The highest BCUT2D eigenvalue weighted by molar-refractivity contribution is 5.76. The van der Waals surface area contributed by atoms with Gasteiger partial charge in [-0.15, -0.1) is 0 Å². The van der Waals surface area contributed by atoms with Crippen molar-refractivity contribution in [2.45, 2.75) is 26.7 Å². The van der Waals surface area contributed by atoms with E-state index in [-0.39, 0.29) is 11.9 Å². The highest BCUT2D eigenvalue weighted by atomic mass is 16.4. The van der Waals surface area contributed by atoms with Crippen LogP contribution in [0.15, 0.2) is 12.2 Å². The molecule has 0 radical (unpaired) electrons. The summed E-state index contributed by atoms with van der Waals surface area (Å²) in [5.41, 5.74) is 0. The van der Waals surface area contributed by atoms with Crippen molar-refractivity contribution in [2.75, 3.05) is 19.6 Å². The number of carbonyl (C=O) groups is 2. The molecule has 102 valence electrons. The standard InChI is InChI=1S/C13H22N2O3/c1-3-4-5-6-14-13(18)15-8-10(2)7-11(9-15)12(16)17/h4-5,10-11H,3,6-9H2,1-2H3,(H,14,18)(H,16,17)/b5-4+. The second-order valence-electron chi connectivity index (χ2n) is 4.85. The first-order valence-corrected chi connectivity index (χ1v) is 6.45. The number of urea groups is 1. The molecular weight excluding hydrogens is 232 g/mol. The minimum absolute atomic E-state index is 0.173. The highest BCUT2D eigenvalue weighted by Gasteiger charge is 2.31. The monoisotopic (exact) mass is 254 g/mol. The lowest BCUT2D eigenvalue weighted by molar-refractivity contribution is -0.143. The number of nitrogens with one attached hydrogen (secondary N) is 1. The van der Waals surface area contributed by atoms with Crippen LogP contribution >= 0.6 is 0 Å². The molecule has 1 fully saturated rings. The number of piperidine rings is 1. The molecule has 5 heteroatoms. The average Bonchev–Trinajstić information content (AvgIpc) is 2.33. The number of nitrogens with zero attached hydrogens (tertiary/aromatic N) is 1. The van der Waals surface area contributed by atoms with Gasteiger partial charge in [-0.25, -0.2) is 4.79 Å². The lowest BCUT2D eigenvalue weighted by Crippen LogP contribution is -2.49. The van der Waals surface area contributed by atoms with Crippen LogP contribution in [0.5, 0.6) is 0 Å². The first-order valence-electron chi connectivity index (χ1n) is 6.45. The fourth-order valence-corrected chi connectivity index (χ4v) is 2.20. The van der Waals surface area contributed by atoms with Gasteiger partial charge in [0.15, 0.2) is 0 Å². The minimum atomic E-state index is -0.815. The molecule has 1 aliphatic heterocycles. The van der Waals surface area contributed by atoms with Crippen molar-refractivity contribution < 1.29 is 14.7 Å². The smallest absolute Gasteiger partial charge is 0.317 e. The molecule has 0 aromatic carbocycles. The zero-order valence-electron chi connectivity index (χ0n) is 11.1. The Morgan fingerprint density at radius 2 is 2.11 bits per heavy atom. The largest absolute Gasteiger partial charge is 0.481 e. The first kappa shape index (κ1) is 14.5. The van der Waals surface area contributed by atoms with Crippen molar-refractivity contribution in [3.8, 4) is 0 Å². The summed E-state index contributed by atoms with van der Waals surface area (Å²) >= 11 is 0. The molecule has 2 atom stereocenters. The van der Waals surface area contributed by atoms with Crippen molar-refractivity contribution in [3.05, 3.63) is 12.2 Å². The summed E-state index contributed by atoms with van der Waals surface area (Å²) in [5.74, 6) is -1.02. The maximum Gasteiger partial charge on any atom is 0.317 e. The minimum Gasteiger partial charge on any atom is -0.481 e. The molecule has 2 N–H and O–H groups in total. The van der Waals surface area contributed by atoms with Crippen LogP contribution < -0.4 is 5.32 Å². The molecule has 1 aliphatic rings. The Hall–Kier alpha value is -1.52. The third-order valence-corrected chi connectivity index (χ3v) is 3.07. The zero-order valence-corrected chi connectivity index (χ0v) is 11.1. The molecule has 1 heterocycles. The van der Waals surface area contributed by atoms with Crippen molar-refractivity contribution >= 4 is 12.0 Å². The van der Waals surface area contributed by atoms with Crippen LogP contribution in [0.4, 0.5) is 4.79 Å². The number of carboxylic acids is 1. The first-order chi connectivity index (χ1) is 8.54. The number of hydrogen-bond acceptors (Lipinski definition) is 2. The maximum absolute atomic E-state index is 11.9. The van der Waals surface area contributed by atoms with Gasteiger partial charge in [-0.2, -0.15) is 0 Å². The Bertz CT molecular complexity index is 328. The molecule has 18 heavy (non-hydrogen) atoms. The number of likely N-dealkylation sites (tertiary alicyclic amines) is 1.